The van der Waals surface area contributed by atoms with Crippen molar-refractivity contribution in [3.8, 4) is 27.6 Å². The Balaban J connectivity index is 1.45. The van der Waals surface area contributed by atoms with E-state index in [1.165, 1.54) is 4.90 Å². The van der Waals surface area contributed by atoms with E-state index in [1.54, 1.807) is 42.5 Å². The second kappa shape index (κ2) is 9.29. The fraction of sp³-hybridized carbons (Fsp3) is 0.115. The van der Waals surface area contributed by atoms with Crippen LogP contribution < -0.4 is 15.0 Å². The maximum atomic E-state index is 13.0. The van der Waals surface area contributed by atoms with E-state index >= 15 is 0 Å². The molecular formula is C26H20ClN3O3S. The molecule has 1 aromatic heterocycles. The quantitative estimate of drug-likeness (QED) is 0.380. The van der Waals surface area contributed by atoms with Crippen LogP contribution in [0.25, 0.3) is 21.8 Å². The standard InChI is InChI=1S/C26H20ClN3O3S/c1-16(25(32)28-20-10-6-5-9-19(20)27)30-22-13-18(11-12-23(22)33-14-24(30)31)21-15-34-26(29-21)17-7-3-2-4-8-17/h2-13,15-16H,14H2,1H3,(H,28,32). The molecule has 2 amide bonds. The summed E-state index contributed by atoms with van der Waals surface area (Å²) in [6, 6.07) is 21.7. The average Bonchev–Trinajstić information content (AvgIpc) is 3.36. The van der Waals surface area contributed by atoms with Gasteiger partial charge in [-0.2, -0.15) is 0 Å². The molecule has 2 heterocycles. The lowest BCUT2D eigenvalue weighted by Gasteiger charge is -2.33. The van der Waals surface area contributed by atoms with Crippen molar-refractivity contribution >= 4 is 46.1 Å². The largest absolute Gasteiger partial charge is 0.482 e. The molecule has 0 fully saturated rings. The van der Waals surface area contributed by atoms with Gasteiger partial charge in [-0.1, -0.05) is 54.1 Å². The minimum atomic E-state index is -0.781. The number of nitrogens with zero attached hydrogens (tertiary/aromatic N) is 2. The number of anilines is 2. The van der Waals surface area contributed by atoms with Gasteiger partial charge in [0.25, 0.3) is 5.91 Å². The minimum Gasteiger partial charge on any atom is -0.482 e. The third kappa shape index (κ3) is 4.27. The van der Waals surface area contributed by atoms with Gasteiger partial charge in [0.1, 0.15) is 16.8 Å². The first kappa shape index (κ1) is 22.1. The summed E-state index contributed by atoms with van der Waals surface area (Å²) in [4.78, 5) is 32.1. The van der Waals surface area contributed by atoms with Crippen molar-refractivity contribution in [1.29, 1.82) is 0 Å². The van der Waals surface area contributed by atoms with E-state index in [9.17, 15) is 9.59 Å². The van der Waals surface area contributed by atoms with Gasteiger partial charge in [0, 0.05) is 16.5 Å². The third-order valence-electron chi connectivity index (χ3n) is 5.56. The number of nitrogens with one attached hydrogen (secondary N) is 1. The molecule has 0 aliphatic carbocycles. The molecule has 1 aliphatic rings. The maximum absolute atomic E-state index is 13.0. The van der Waals surface area contributed by atoms with Crippen LogP contribution in [0.3, 0.4) is 0 Å². The molecular weight excluding hydrogens is 470 g/mol. The lowest BCUT2D eigenvalue weighted by molar-refractivity contribution is -0.125. The van der Waals surface area contributed by atoms with Crippen LogP contribution in [-0.2, 0) is 9.59 Å². The first-order valence-electron chi connectivity index (χ1n) is 10.7. The molecule has 4 aromatic rings. The molecule has 0 saturated heterocycles. The molecule has 0 saturated carbocycles. The highest BCUT2D eigenvalue weighted by atomic mass is 35.5. The fourth-order valence-electron chi connectivity index (χ4n) is 3.79. The Morgan fingerprint density at radius 2 is 1.85 bits per heavy atom. The van der Waals surface area contributed by atoms with Crippen LogP contribution in [0, 0.1) is 0 Å². The third-order valence-corrected chi connectivity index (χ3v) is 6.78. The Morgan fingerprint density at radius 1 is 1.09 bits per heavy atom. The molecule has 0 radical (unpaired) electrons. The first-order valence-corrected chi connectivity index (χ1v) is 11.9. The van der Waals surface area contributed by atoms with Gasteiger partial charge in [-0.15, -0.1) is 11.3 Å². The van der Waals surface area contributed by atoms with Gasteiger partial charge in [0.15, 0.2) is 6.61 Å². The van der Waals surface area contributed by atoms with Crippen molar-refractivity contribution in [2.75, 3.05) is 16.8 Å². The monoisotopic (exact) mass is 489 g/mol. The number of fused-ring (bicyclic) bond motifs is 1. The number of ether oxygens (including phenoxy) is 1. The maximum Gasteiger partial charge on any atom is 0.265 e. The van der Waals surface area contributed by atoms with E-state index in [0.29, 0.717) is 22.1 Å². The number of carbonyl (C=O) groups excluding carboxylic acids is 2. The number of hydrogen-bond acceptors (Lipinski definition) is 5. The molecule has 8 heteroatoms. The van der Waals surface area contributed by atoms with Gasteiger partial charge in [-0.25, -0.2) is 4.98 Å². The summed E-state index contributed by atoms with van der Waals surface area (Å²) in [5.41, 5.74) is 3.69. The van der Waals surface area contributed by atoms with Crippen LogP contribution >= 0.6 is 22.9 Å². The molecule has 1 atom stereocenters. The van der Waals surface area contributed by atoms with Crippen molar-refractivity contribution in [2.45, 2.75) is 13.0 Å². The number of carbonyl (C=O) groups is 2. The Labute approximate surface area is 205 Å². The molecule has 3 aromatic carbocycles. The highest BCUT2D eigenvalue weighted by molar-refractivity contribution is 7.13. The van der Waals surface area contributed by atoms with Crippen LogP contribution in [0.1, 0.15) is 6.92 Å². The van der Waals surface area contributed by atoms with E-state index in [0.717, 1.165) is 21.8 Å². The zero-order valence-electron chi connectivity index (χ0n) is 18.2. The lowest BCUT2D eigenvalue weighted by Crippen LogP contribution is -2.49. The van der Waals surface area contributed by atoms with Gasteiger partial charge < -0.3 is 10.1 Å². The van der Waals surface area contributed by atoms with E-state index in [4.69, 9.17) is 21.3 Å². The molecule has 5 rings (SSSR count). The molecule has 1 N–H and O–H groups in total. The molecule has 0 spiro atoms. The zero-order valence-corrected chi connectivity index (χ0v) is 19.8. The van der Waals surface area contributed by atoms with Crippen LogP contribution in [0.5, 0.6) is 5.75 Å². The second-order valence-corrected chi connectivity index (χ2v) is 9.05. The first-order chi connectivity index (χ1) is 16.5. The van der Waals surface area contributed by atoms with Crippen LogP contribution in [0.4, 0.5) is 11.4 Å². The van der Waals surface area contributed by atoms with Gasteiger partial charge >= 0.3 is 0 Å². The van der Waals surface area contributed by atoms with Gasteiger partial charge in [-0.05, 0) is 37.3 Å². The summed E-state index contributed by atoms with van der Waals surface area (Å²) in [6.07, 6.45) is 0. The summed E-state index contributed by atoms with van der Waals surface area (Å²) in [5, 5.41) is 6.12. The molecule has 34 heavy (non-hydrogen) atoms. The normalized spacial score (nSPS) is 13.7. The molecule has 170 valence electrons. The Kier molecular flexibility index (Phi) is 6.04. The summed E-state index contributed by atoms with van der Waals surface area (Å²) in [5.74, 6) is -0.103. The number of benzene rings is 3. The Morgan fingerprint density at radius 3 is 2.65 bits per heavy atom. The van der Waals surface area contributed by atoms with Gasteiger partial charge in [0.2, 0.25) is 5.91 Å². The van der Waals surface area contributed by atoms with E-state index in [-0.39, 0.29) is 18.4 Å². The number of rotatable bonds is 5. The predicted octanol–water partition coefficient (Wildman–Crippen LogP) is 5.88. The van der Waals surface area contributed by atoms with Gasteiger partial charge in [-0.3, -0.25) is 14.5 Å². The van der Waals surface area contributed by atoms with Crippen LogP contribution in [-0.4, -0.2) is 29.4 Å². The number of halogens is 1. The molecule has 1 aliphatic heterocycles. The number of aromatic nitrogens is 1. The topological polar surface area (TPSA) is 71.5 Å². The Bertz CT molecular complexity index is 1370. The van der Waals surface area contributed by atoms with Crippen molar-refractivity contribution in [1.82, 2.24) is 4.98 Å². The Hall–Kier alpha value is -3.68. The van der Waals surface area contributed by atoms with Crippen molar-refractivity contribution in [3.63, 3.8) is 0 Å². The van der Waals surface area contributed by atoms with E-state index in [1.807, 2.05) is 53.9 Å². The number of amides is 2. The SMILES string of the molecule is CC(C(=O)Nc1ccccc1Cl)N1C(=O)COc2ccc(-c3csc(-c4ccccc4)n3)cc21. The zero-order chi connectivity index (χ0) is 23.7. The van der Waals surface area contributed by atoms with Crippen molar-refractivity contribution in [3.05, 3.63) is 83.2 Å². The summed E-state index contributed by atoms with van der Waals surface area (Å²) in [6.45, 7) is 1.55. The van der Waals surface area contributed by atoms with Crippen LogP contribution in [0.2, 0.25) is 5.02 Å². The second-order valence-electron chi connectivity index (χ2n) is 7.78. The van der Waals surface area contributed by atoms with E-state index in [2.05, 4.69) is 5.32 Å². The number of hydrogen-bond donors (Lipinski definition) is 1. The number of thiazole rings is 1. The van der Waals surface area contributed by atoms with Crippen molar-refractivity contribution in [2.24, 2.45) is 0 Å². The molecule has 6 nitrogen and oxygen atoms in total. The summed E-state index contributed by atoms with van der Waals surface area (Å²) in [7, 11) is 0. The van der Waals surface area contributed by atoms with E-state index < -0.39 is 6.04 Å². The average molecular weight is 490 g/mol. The fourth-order valence-corrected chi connectivity index (χ4v) is 4.81. The summed E-state index contributed by atoms with van der Waals surface area (Å²) < 4.78 is 5.64. The smallest absolute Gasteiger partial charge is 0.265 e. The predicted molar refractivity (Wildman–Crippen MR) is 136 cm³/mol. The highest BCUT2D eigenvalue weighted by Gasteiger charge is 2.33. The highest BCUT2D eigenvalue weighted by Crippen LogP contribution is 2.38. The van der Waals surface area contributed by atoms with Gasteiger partial charge in [0.05, 0.1) is 22.1 Å². The molecule has 1 unspecified atom stereocenters. The molecule has 0 bridgehead atoms. The lowest BCUT2D eigenvalue weighted by atomic mass is 10.1. The number of para-hydroxylation sites is 1. The summed E-state index contributed by atoms with van der Waals surface area (Å²) >= 11 is 7.73. The minimum absolute atomic E-state index is 0.134. The van der Waals surface area contributed by atoms with Crippen molar-refractivity contribution < 1.29 is 14.3 Å². The van der Waals surface area contributed by atoms with Crippen LogP contribution in [0.15, 0.2) is 78.2 Å².